The van der Waals surface area contributed by atoms with Crippen molar-refractivity contribution < 1.29 is 12.6 Å². The van der Waals surface area contributed by atoms with E-state index in [0.29, 0.717) is 16.6 Å². The molecule has 0 aliphatic rings. The molecule has 3 aromatic rings. The third kappa shape index (κ3) is 4.85. The van der Waals surface area contributed by atoms with Gasteiger partial charge in [-0.2, -0.15) is 18.8 Å². The van der Waals surface area contributed by atoms with Crippen LogP contribution in [0.25, 0.3) is 0 Å². The Labute approximate surface area is 164 Å². The maximum Gasteiger partial charge on any atom is 0.380 e. The summed E-state index contributed by atoms with van der Waals surface area (Å²) in [5.41, 5.74) is 2.30. The van der Waals surface area contributed by atoms with Gasteiger partial charge in [-0.1, -0.05) is 6.07 Å². The molecule has 0 radical (unpaired) electrons. The van der Waals surface area contributed by atoms with Crippen LogP contribution in [0, 0.1) is 11.3 Å². The second-order valence-corrected chi connectivity index (χ2v) is 7.51. The SMILES string of the molecule is N#Cc1ccc(N(Cc2ccc(OS(N)(=O)=O)c(Br)c2)n2ccnc2)cc1. The molecule has 0 fully saturated rings. The van der Waals surface area contributed by atoms with Crippen molar-refractivity contribution in [1.82, 2.24) is 9.66 Å². The summed E-state index contributed by atoms with van der Waals surface area (Å²) < 4.78 is 29.2. The van der Waals surface area contributed by atoms with E-state index in [-0.39, 0.29) is 5.75 Å². The normalized spacial score (nSPS) is 11.0. The fourth-order valence-corrected chi connectivity index (χ4v) is 3.43. The number of rotatable bonds is 6. The number of anilines is 1. The highest BCUT2D eigenvalue weighted by molar-refractivity contribution is 9.10. The summed E-state index contributed by atoms with van der Waals surface area (Å²) in [6.45, 7) is 0.455. The molecule has 1 heterocycles. The van der Waals surface area contributed by atoms with Crippen LogP contribution in [0.15, 0.2) is 65.7 Å². The molecule has 2 aromatic carbocycles. The molecule has 138 valence electrons. The fraction of sp³-hybridized carbons (Fsp3) is 0.0588. The first-order valence-corrected chi connectivity index (χ1v) is 9.89. The monoisotopic (exact) mass is 447 g/mol. The molecule has 0 bridgehead atoms. The van der Waals surface area contributed by atoms with Gasteiger partial charge in [0.1, 0.15) is 6.33 Å². The average Bonchev–Trinajstić information content (AvgIpc) is 3.15. The summed E-state index contributed by atoms with van der Waals surface area (Å²) in [4.78, 5) is 4.08. The molecule has 0 spiro atoms. The molecular weight excluding hydrogens is 434 g/mol. The maximum atomic E-state index is 11.1. The number of nitrogens with zero attached hydrogens (tertiary/aromatic N) is 4. The van der Waals surface area contributed by atoms with Crippen molar-refractivity contribution in [1.29, 1.82) is 5.26 Å². The lowest BCUT2D eigenvalue weighted by Gasteiger charge is -2.26. The van der Waals surface area contributed by atoms with Crippen LogP contribution < -0.4 is 14.3 Å². The minimum atomic E-state index is -4.10. The Hall–Kier alpha value is -2.87. The number of hydrogen-bond acceptors (Lipinski definition) is 6. The van der Waals surface area contributed by atoms with E-state index in [1.54, 1.807) is 43.0 Å². The van der Waals surface area contributed by atoms with Crippen LogP contribution in [-0.4, -0.2) is 18.1 Å². The van der Waals surface area contributed by atoms with Gasteiger partial charge in [-0.3, -0.25) is 5.01 Å². The van der Waals surface area contributed by atoms with E-state index >= 15 is 0 Å². The number of nitriles is 1. The first-order chi connectivity index (χ1) is 12.9. The fourth-order valence-electron chi connectivity index (χ4n) is 2.42. The zero-order valence-electron chi connectivity index (χ0n) is 13.9. The van der Waals surface area contributed by atoms with Crippen LogP contribution >= 0.6 is 15.9 Å². The van der Waals surface area contributed by atoms with Gasteiger partial charge in [-0.15, -0.1) is 0 Å². The van der Waals surface area contributed by atoms with Crippen molar-refractivity contribution in [2.24, 2.45) is 5.14 Å². The van der Waals surface area contributed by atoms with Gasteiger partial charge < -0.3 is 4.18 Å². The number of benzene rings is 2. The number of aromatic nitrogens is 2. The Morgan fingerprint density at radius 1 is 1.26 bits per heavy atom. The molecule has 0 saturated heterocycles. The largest absolute Gasteiger partial charge is 0.380 e. The minimum Gasteiger partial charge on any atom is -0.370 e. The van der Waals surface area contributed by atoms with Crippen molar-refractivity contribution >= 4 is 31.9 Å². The first kappa shape index (κ1) is 18.9. The van der Waals surface area contributed by atoms with E-state index < -0.39 is 10.3 Å². The highest BCUT2D eigenvalue weighted by atomic mass is 79.9. The van der Waals surface area contributed by atoms with Gasteiger partial charge in [0, 0.05) is 12.4 Å². The van der Waals surface area contributed by atoms with E-state index in [9.17, 15) is 8.42 Å². The van der Waals surface area contributed by atoms with Gasteiger partial charge in [-0.05, 0) is 57.9 Å². The standard InChI is InChI=1S/C17H14BrN5O3S/c18-16-9-14(3-6-17(16)26-27(20,24)25)11-23(22-8-7-21-12-22)15-4-1-13(10-19)2-5-15/h1-9,12H,11H2,(H2,20,24,25). The molecule has 3 rings (SSSR count). The quantitative estimate of drug-likeness (QED) is 0.620. The molecule has 0 aliphatic carbocycles. The zero-order valence-corrected chi connectivity index (χ0v) is 16.3. The number of imidazole rings is 1. The van der Waals surface area contributed by atoms with Crippen molar-refractivity contribution in [3.63, 3.8) is 0 Å². The Balaban J connectivity index is 1.91. The van der Waals surface area contributed by atoms with Crippen LogP contribution in [0.5, 0.6) is 5.75 Å². The second kappa shape index (κ2) is 7.79. The Morgan fingerprint density at radius 3 is 2.56 bits per heavy atom. The zero-order chi connectivity index (χ0) is 19.4. The molecule has 0 saturated carbocycles. The number of nitrogens with two attached hydrogens (primary N) is 1. The Bertz CT molecular complexity index is 1080. The first-order valence-electron chi connectivity index (χ1n) is 7.62. The second-order valence-electron chi connectivity index (χ2n) is 5.50. The van der Waals surface area contributed by atoms with Crippen LogP contribution in [0.2, 0.25) is 0 Å². The van der Waals surface area contributed by atoms with Gasteiger partial charge in [0.05, 0.1) is 28.3 Å². The van der Waals surface area contributed by atoms with Gasteiger partial charge in [-0.25, -0.2) is 9.66 Å². The smallest absolute Gasteiger partial charge is 0.370 e. The Kier molecular flexibility index (Phi) is 5.46. The molecule has 27 heavy (non-hydrogen) atoms. The van der Waals surface area contributed by atoms with Crippen LogP contribution in [0.4, 0.5) is 5.69 Å². The highest BCUT2D eigenvalue weighted by Crippen LogP contribution is 2.28. The predicted octanol–water partition coefficient (Wildman–Crippen LogP) is 2.57. The summed E-state index contributed by atoms with van der Waals surface area (Å²) in [6.07, 6.45) is 5.12. The molecule has 8 nitrogen and oxygen atoms in total. The molecule has 0 aliphatic heterocycles. The molecule has 0 atom stereocenters. The lowest BCUT2D eigenvalue weighted by Crippen LogP contribution is -2.27. The average molecular weight is 448 g/mol. The van der Waals surface area contributed by atoms with E-state index in [0.717, 1.165) is 11.3 Å². The summed E-state index contributed by atoms with van der Waals surface area (Å²) in [5.74, 6) is 0.105. The minimum absolute atomic E-state index is 0.105. The van der Waals surface area contributed by atoms with Crippen molar-refractivity contribution in [2.45, 2.75) is 6.54 Å². The van der Waals surface area contributed by atoms with Crippen molar-refractivity contribution in [2.75, 3.05) is 5.01 Å². The van der Waals surface area contributed by atoms with Gasteiger partial charge >= 0.3 is 10.3 Å². The third-order valence-corrected chi connectivity index (χ3v) is 4.63. The summed E-state index contributed by atoms with van der Waals surface area (Å²) in [5, 5.41) is 15.8. The van der Waals surface area contributed by atoms with Gasteiger partial charge in [0.25, 0.3) is 0 Å². The summed E-state index contributed by atoms with van der Waals surface area (Å²) in [6, 6.07) is 14.2. The van der Waals surface area contributed by atoms with Crippen molar-refractivity contribution in [3.05, 3.63) is 76.8 Å². The predicted molar refractivity (Wildman–Crippen MR) is 103 cm³/mol. The lowest BCUT2D eigenvalue weighted by molar-refractivity contribution is 0.486. The molecule has 1 aromatic heterocycles. The van der Waals surface area contributed by atoms with Crippen LogP contribution in [0.3, 0.4) is 0 Å². The number of hydrogen-bond donors (Lipinski definition) is 1. The van der Waals surface area contributed by atoms with Crippen molar-refractivity contribution in [3.8, 4) is 11.8 Å². The number of halogens is 1. The van der Waals surface area contributed by atoms with E-state index in [4.69, 9.17) is 14.6 Å². The molecular formula is C17H14BrN5O3S. The third-order valence-electron chi connectivity index (χ3n) is 3.60. The molecule has 2 N–H and O–H groups in total. The molecule has 0 amide bonds. The van der Waals surface area contributed by atoms with E-state index in [1.165, 1.54) is 6.07 Å². The van der Waals surface area contributed by atoms with Crippen LogP contribution in [-0.2, 0) is 16.8 Å². The maximum absolute atomic E-state index is 11.1. The summed E-state index contributed by atoms with van der Waals surface area (Å²) >= 11 is 3.29. The highest BCUT2D eigenvalue weighted by Gasteiger charge is 2.13. The van der Waals surface area contributed by atoms with Gasteiger partial charge in [0.15, 0.2) is 5.75 Å². The topological polar surface area (TPSA) is 114 Å². The van der Waals surface area contributed by atoms with Crippen LogP contribution in [0.1, 0.15) is 11.1 Å². The molecule has 10 heteroatoms. The van der Waals surface area contributed by atoms with Gasteiger partial charge in [0.2, 0.25) is 0 Å². The molecule has 0 unspecified atom stereocenters. The van der Waals surface area contributed by atoms with E-state index in [2.05, 4.69) is 27.0 Å². The Morgan fingerprint density at radius 2 is 2.00 bits per heavy atom. The summed E-state index contributed by atoms with van der Waals surface area (Å²) in [7, 11) is -4.10. The lowest BCUT2D eigenvalue weighted by atomic mass is 10.2. The van der Waals surface area contributed by atoms with E-state index in [1.807, 2.05) is 21.8 Å².